The maximum atomic E-state index is 8.40. The fourth-order valence-corrected chi connectivity index (χ4v) is 0.973. The number of furan rings is 1. The fraction of sp³-hybridized carbons (Fsp3) is 0.167. The molecular formula is C6H6BrNO2. The first kappa shape index (κ1) is 7.34. The minimum Gasteiger partial charge on any atom is -0.463 e. The first-order chi connectivity index (χ1) is 4.88. The van der Waals surface area contributed by atoms with E-state index in [0.29, 0.717) is 16.8 Å². The van der Waals surface area contributed by atoms with Crippen LogP contribution in [0.3, 0.4) is 0 Å². The van der Waals surface area contributed by atoms with Crippen LogP contribution in [0.15, 0.2) is 28.0 Å². The van der Waals surface area contributed by atoms with Crippen molar-refractivity contribution in [1.29, 1.82) is 0 Å². The van der Waals surface area contributed by atoms with E-state index in [1.54, 1.807) is 12.1 Å². The maximum Gasteiger partial charge on any atom is 0.152 e. The van der Waals surface area contributed by atoms with Crippen LogP contribution in [0.25, 0.3) is 0 Å². The number of hydrogen-bond donors (Lipinski definition) is 1. The molecule has 0 radical (unpaired) electrons. The Morgan fingerprint density at radius 1 is 1.80 bits per heavy atom. The van der Waals surface area contributed by atoms with Gasteiger partial charge in [0.1, 0.15) is 5.71 Å². The zero-order chi connectivity index (χ0) is 7.40. The Morgan fingerprint density at radius 2 is 2.60 bits per heavy atom. The number of hydrogen-bond acceptors (Lipinski definition) is 3. The standard InChI is InChI=1S/C6H6BrNO2/c7-4-5(8-9)6-2-1-3-10-6/h1-3,9H,4H2. The average molecular weight is 204 g/mol. The van der Waals surface area contributed by atoms with Gasteiger partial charge in [0, 0.05) is 0 Å². The summed E-state index contributed by atoms with van der Waals surface area (Å²) >= 11 is 3.15. The van der Waals surface area contributed by atoms with Gasteiger partial charge in [-0.3, -0.25) is 0 Å². The third-order valence-corrected chi connectivity index (χ3v) is 1.58. The summed E-state index contributed by atoms with van der Waals surface area (Å²) in [5, 5.41) is 11.9. The van der Waals surface area contributed by atoms with Crippen molar-refractivity contribution in [3.8, 4) is 0 Å². The van der Waals surface area contributed by atoms with Gasteiger partial charge in [0.25, 0.3) is 0 Å². The Balaban J connectivity index is 2.85. The van der Waals surface area contributed by atoms with Crippen LogP contribution >= 0.6 is 15.9 Å². The number of halogens is 1. The lowest BCUT2D eigenvalue weighted by molar-refractivity contribution is 0.318. The molecular weight excluding hydrogens is 198 g/mol. The molecule has 0 bridgehead atoms. The molecule has 1 N–H and O–H groups in total. The van der Waals surface area contributed by atoms with Crippen LogP contribution in [0.4, 0.5) is 0 Å². The van der Waals surface area contributed by atoms with Gasteiger partial charge in [0.05, 0.1) is 11.6 Å². The van der Waals surface area contributed by atoms with Crippen molar-refractivity contribution in [1.82, 2.24) is 0 Å². The van der Waals surface area contributed by atoms with Gasteiger partial charge in [-0.15, -0.1) is 0 Å². The van der Waals surface area contributed by atoms with Gasteiger partial charge < -0.3 is 9.62 Å². The maximum absolute atomic E-state index is 8.40. The first-order valence-electron chi connectivity index (χ1n) is 2.69. The number of alkyl halides is 1. The topological polar surface area (TPSA) is 45.7 Å². The SMILES string of the molecule is ON=C(CBr)c1ccco1. The van der Waals surface area contributed by atoms with Crippen LogP contribution in [-0.4, -0.2) is 16.2 Å². The van der Waals surface area contributed by atoms with Crippen LogP contribution in [0.5, 0.6) is 0 Å². The Kier molecular flexibility index (Phi) is 2.50. The molecule has 1 aromatic heterocycles. The molecule has 0 aliphatic heterocycles. The fourth-order valence-electron chi connectivity index (χ4n) is 0.585. The Labute approximate surface area is 66.5 Å². The van der Waals surface area contributed by atoms with E-state index in [1.165, 1.54) is 6.26 Å². The second kappa shape index (κ2) is 3.41. The summed E-state index contributed by atoms with van der Waals surface area (Å²) in [7, 11) is 0. The van der Waals surface area contributed by atoms with Crippen LogP contribution in [0.1, 0.15) is 5.76 Å². The third-order valence-electron chi connectivity index (χ3n) is 1.05. The van der Waals surface area contributed by atoms with Crippen molar-refractivity contribution in [3.63, 3.8) is 0 Å². The molecule has 4 heteroatoms. The molecule has 0 saturated carbocycles. The summed E-state index contributed by atoms with van der Waals surface area (Å²) < 4.78 is 4.96. The van der Waals surface area contributed by atoms with Crippen LogP contribution in [-0.2, 0) is 0 Å². The van der Waals surface area contributed by atoms with Crippen molar-refractivity contribution in [2.45, 2.75) is 0 Å². The lowest BCUT2D eigenvalue weighted by Crippen LogP contribution is -1.99. The van der Waals surface area contributed by atoms with Gasteiger partial charge >= 0.3 is 0 Å². The molecule has 3 nitrogen and oxygen atoms in total. The Hall–Kier alpha value is -0.770. The minimum absolute atomic E-state index is 0.483. The van der Waals surface area contributed by atoms with E-state index in [9.17, 15) is 0 Å². The van der Waals surface area contributed by atoms with Gasteiger partial charge in [-0.2, -0.15) is 0 Å². The zero-order valence-electron chi connectivity index (χ0n) is 5.12. The highest BCUT2D eigenvalue weighted by molar-refractivity contribution is 9.09. The predicted molar refractivity (Wildman–Crippen MR) is 40.8 cm³/mol. The minimum atomic E-state index is 0.483. The highest BCUT2D eigenvalue weighted by atomic mass is 79.9. The molecule has 54 valence electrons. The highest BCUT2D eigenvalue weighted by Gasteiger charge is 2.03. The van der Waals surface area contributed by atoms with Gasteiger partial charge in [0.15, 0.2) is 5.76 Å². The molecule has 0 saturated heterocycles. The van der Waals surface area contributed by atoms with Gasteiger partial charge in [-0.1, -0.05) is 21.1 Å². The van der Waals surface area contributed by atoms with Crippen molar-refractivity contribution in [2.75, 3.05) is 5.33 Å². The van der Waals surface area contributed by atoms with E-state index in [0.717, 1.165) is 0 Å². The molecule has 0 aliphatic carbocycles. The zero-order valence-corrected chi connectivity index (χ0v) is 6.71. The molecule has 10 heavy (non-hydrogen) atoms. The smallest absolute Gasteiger partial charge is 0.152 e. The molecule has 1 rings (SSSR count). The lowest BCUT2D eigenvalue weighted by atomic mass is 10.3. The van der Waals surface area contributed by atoms with Gasteiger partial charge in [0.2, 0.25) is 0 Å². The van der Waals surface area contributed by atoms with E-state index in [-0.39, 0.29) is 0 Å². The number of rotatable bonds is 2. The quantitative estimate of drug-likeness (QED) is 0.345. The second-order valence-corrected chi connectivity index (χ2v) is 2.22. The molecule has 0 aromatic carbocycles. The summed E-state index contributed by atoms with van der Waals surface area (Å²) in [5.41, 5.74) is 0.491. The van der Waals surface area contributed by atoms with Crippen LogP contribution < -0.4 is 0 Å². The predicted octanol–water partition coefficient (Wildman–Crippen LogP) is 1.85. The summed E-state index contributed by atoms with van der Waals surface area (Å²) in [6.45, 7) is 0. The Morgan fingerprint density at radius 3 is 3.00 bits per heavy atom. The van der Waals surface area contributed by atoms with Gasteiger partial charge in [-0.05, 0) is 12.1 Å². The number of nitrogens with zero attached hydrogens (tertiary/aromatic N) is 1. The molecule has 0 atom stereocenters. The molecule has 0 amide bonds. The van der Waals surface area contributed by atoms with E-state index in [2.05, 4.69) is 21.1 Å². The first-order valence-corrected chi connectivity index (χ1v) is 3.81. The summed E-state index contributed by atoms with van der Waals surface area (Å²) in [6, 6.07) is 3.47. The highest BCUT2D eigenvalue weighted by Crippen LogP contribution is 2.03. The number of oxime groups is 1. The summed E-state index contributed by atoms with van der Waals surface area (Å²) in [5.74, 6) is 0.583. The molecule has 1 aromatic rings. The third kappa shape index (κ3) is 1.39. The van der Waals surface area contributed by atoms with E-state index in [1.807, 2.05) is 0 Å². The molecule has 0 unspecified atom stereocenters. The van der Waals surface area contributed by atoms with Crippen molar-refractivity contribution in [2.24, 2.45) is 5.16 Å². The van der Waals surface area contributed by atoms with Crippen molar-refractivity contribution >= 4 is 21.6 Å². The van der Waals surface area contributed by atoms with E-state index < -0.39 is 0 Å². The molecule has 0 spiro atoms. The molecule has 0 fully saturated rings. The van der Waals surface area contributed by atoms with E-state index in [4.69, 9.17) is 9.62 Å². The van der Waals surface area contributed by atoms with Crippen LogP contribution in [0, 0.1) is 0 Å². The van der Waals surface area contributed by atoms with Gasteiger partial charge in [-0.25, -0.2) is 0 Å². The molecule has 1 heterocycles. The largest absolute Gasteiger partial charge is 0.463 e. The Bertz CT molecular complexity index is 218. The van der Waals surface area contributed by atoms with Crippen molar-refractivity contribution < 1.29 is 9.62 Å². The average Bonchev–Trinajstić information content (AvgIpc) is 2.43. The van der Waals surface area contributed by atoms with Crippen LogP contribution in [0.2, 0.25) is 0 Å². The molecule has 0 aliphatic rings. The summed E-state index contributed by atoms with van der Waals surface area (Å²) in [4.78, 5) is 0. The van der Waals surface area contributed by atoms with E-state index >= 15 is 0 Å². The monoisotopic (exact) mass is 203 g/mol. The van der Waals surface area contributed by atoms with Crippen molar-refractivity contribution in [3.05, 3.63) is 24.2 Å². The second-order valence-electron chi connectivity index (χ2n) is 1.66. The summed E-state index contributed by atoms with van der Waals surface area (Å²) in [6.07, 6.45) is 1.53. The lowest BCUT2D eigenvalue weighted by Gasteiger charge is -1.91. The normalized spacial score (nSPS) is 11.9.